The summed E-state index contributed by atoms with van der Waals surface area (Å²) in [5, 5.41) is 10.6. The molecule has 1 unspecified atom stereocenters. The summed E-state index contributed by atoms with van der Waals surface area (Å²) in [6.45, 7) is 14.7. The van der Waals surface area contributed by atoms with E-state index in [1.165, 1.54) is 28.6 Å². The lowest BCUT2D eigenvalue weighted by Crippen LogP contribution is -2.11. The lowest BCUT2D eigenvalue weighted by atomic mass is 9.87. The second-order valence-electron chi connectivity index (χ2n) is 12.9. The third-order valence-corrected chi connectivity index (χ3v) is 7.41. The minimum atomic E-state index is -0.729. The van der Waals surface area contributed by atoms with E-state index in [0.717, 1.165) is 16.7 Å². The maximum absolute atomic E-state index is 10.6. The van der Waals surface area contributed by atoms with E-state index in [4.69, 9.17) is 4.74 Å². The van der Waals surface area contributed by atoms with E-state index >= 15 is 0 Å². The molecular weight excluding hydrogens is 528 g/mol. The van der Waals surface area contributed by atoms with Crippen LogP contribution in [0.25, 0.3) is 11.1 Å². The van der Waals surface area contributed by atoms with Crippen LogP contribution in [-0.2, 0) is 28.8 Å². The number of aliphatic hydroxyl groups excluding tert-OH is 1. The number of rotatable bonds is 7. The predicted molar refractivity (Wildman–Crippen MR) is 177 cm³/mol. The molecule has 222 valence electrons. The Morgan fingerprint density at radius 3 is 1.56 bits per heavy atom. The van der Waals surface area contributed by atoms with Gasteiger partial charge < -0.3 is 9.84 Å². The van der Waals surface area contributed by atoms with Gasteiger partial charge in [0, 0.05) is 18.0 Å². The average Bonchev–Trinajstić information content (AvgIpc) is 3.01. The van der Waals surface area contributed by atoms with Crippen molar-refractivity contribution >= 4 is 0 Å². The molecule has 5 aromatic rings. The molecule has 1 aromatic heterocycles. The third kappa shape index (κ3) is 9.18. The molecule has 0 spiro atoms. The molecule has 0 bridgehead atoms. The number of aromatic nitrogens is 2. The smallest absolute Gasteiger partial charge is 0.115 e. The molecule has 43 heavy (non-hydrogen) atoms. The number of benzene rings is 4. The van der Waals surface area contributed by atoms with E-state index in [0.29, 0.717) is 18.8 Å². The first kappa shape index (κ1) is 31.8. The summed E-state index contributed by atoms with van der Waals surface area (Å²) in [6, 6.07) is 35.4. The van der Waals surface area contributed by atoms with Crippen molar-refractivity contribution in [2.24, 2.45) is 0 Å². The fraction of sp³-hybridized carbons (Fsp3) is 0.282. The van der Waals surface area contributed by atoms with Gasteiger partial charge in [0.2, 0.25) is 0 Å². The molecule has 1 N–H and O–H groups in total. The third-order valence-electron chi connectivity index (χ3n) is 7.41. The fourth-order valence-corrected chi connectivity index (χ4v) is 4.74. The van der Waals surface area contributed by atoms with Crippen molar-refractivity contribution in [1.29, 1.82) is 0 Å². The van der Waals surface area contributed by atoms with E-state index in [2.05, 4.69) is 100 Å². The highest BCUT2D eigenvalue weighted by Crippen LogP contribution is 2.31. The van der Waals surface area contributed by atoms with Gasteiger partial charge in [-0.25, -0.2) is 9.97 Å². The van der Waals surface area contributed by atoms with Crippen molar-refractivity contribution in [3.8, 4) is 11.1 Å². The number of hydrogen-bond donors (Lipinski definition) is 1. The van der Waals surface area contributed by atoms with Crippen molar-refractivity contribution in [1.82, 2.24) is 9.97 Å². The van der Waals surface area contributed by atoms with Crippen molar-refractivity contribution in [3.05, 3.63) is 155 Å². The van der Waals surface area contributed by atoms with Crippen LogP contribution < -0.4 is 0 Å². The van der Waals surface area contributed by atoms with E-state index < -0.39 is 6.10 Å². The predicted octanol–water partition coefficient (Wildman–Crippen LogP) is 9.22. The first-order chi connectivity index (χ1) is 20.5. The molecule has 0 radical (unpaired) electrons. The Kier molecular flexibility index (Phi) is 10.6. The van der Waals surface area contributed by atoms with Crippen LogP contribution in [0.2, 0.25) is 0 Å². The van der Waals surface area contributed by atoms with E-state index in [1.807, 2.05) is 54.6 Å². The van der Waals surface area contributed by atoms with Gasteiger partial charge in [0.15, 0.2) is 0 Å². The highest BCUT2D eigenvalue weighted by Gasteiger charge is 2.16. The number of hydrogen-bond acceptors (Lipinski definition) is 4. The minimum absolute atomic E-state index is 0.203. The van der Waals surface area contributed by atoms with Crippen molar-refractivity contribution < 1.29 is 9.84 Å². The zero-order valence-electron chi connectivity index (χ0n) is 26.3. The topological polar surface area (TPSA) is 55.2 Å². The van der Waals surface area contributed by atoms with Gasteiger partial charge in [-0.15, -0.1) is 0 Å². The summed E-state index contributed by atoms with van der Waals surface area (Å²) < 4.78 is 5.86. The average molecular weight is 573 g/mol. The van der Waals surface area contributed by atoms with Gasteiger partial charge in [-0.05, 0) is 49.8 Å². The Morgan fingerprint density at radius 2 is 1.07 bits per heavy atom. The van der Waals surface area contributed by atoms with E-state index in [-0.39, 0.29) is 10.8 Å². The quantitative estimate of drug-likeness (QED) is 0.211. The summed E-state index contributed by atoms with van der Waals surface area (Å²) >= 11 is 0. The Balaban J connectivity index is 0.000000198. The molecule has 0 aliphatic rings. The Morgan fingerprint density at radius 1 is 0.605 bits per heavy atom. The number of aliphatic hydroxyl groups is 1. The maximum Gasteiger partial charge on any atom is 0.115 e. The fourth-order valence-electron chi connectivity index (χ4n) is 4.74. The lowest BCUT2D eigenvalue weighted by Gasteiger charge is -2.19. The molecule has 5 rings (SSSR count). The van der Waals surface area contributed by atoms with E-state index in [9.17, 15) is 5.11 Å². The minimum Gasteiger partial charge on any atom is -0.384 e. The van der Waals surface area contributed by atoms with Gasteiger partial charge in [-0.1, -0.05) is 145 Å². The SMILES string of the molecule is CC(C)(C)c1ccc(COCc2ccc(C(C)(C)C)cc2)cc1.OC(c1cncnc1)c1ccccc1-c1ccccc1. The van der Waals surface area contributed by atoms with Crippen LogP contribution in [0.15, 0.2) is 122 Å². The summed E-state index contributed by atoms with van der Waals surface area (Å²) in [5.74, 6) is 0. The van der Waals surface area contributed by atoms with Crippen molar-refractivity contribution in [2.75, 3.05) is 0 Å². The molecule has 0 saturated heterocycles. The zero-order valence-corrected chi connectivity index (χ0v) is 26.3. The number of nitrogens with zero attached hydrogens (tertiary/aromatic N) is 2. The first-order valence-corrected chi connectivity index (χ1v) is 14.9. The Bertz CT molecular complexity index is 1480. The molecule has 0 amide bonds. The van der Waals surface area contributed by atoms with Crippen LogP contribution in [0.4, 0.5) is 0 Å². The van der Waals surface area contributed by atoms with Crippen molar-refractivity contribution in [3.63, 3.8) is 0 Å². The summed E-state index contributed by atoms with van der Waals surface area (Å²) in [7, 11) is 0. The maximum atomic E-state index is 10.6. The summed E-state index contributed by atoms with van der Waals surface area (Å²) in [4.78, 5) is 7.93. The van der Waals surface area contributed by atoms with Crippen LogP contribution in [-0.4, -0.2) is 15.1 Å². The normalized spacial score (nSPS) is 12.3. The molecule has 1 atom stereocenters. The van der Waals surface area contributed by atoms with Crippen LogP contribution in [0, 0.1) is 0 Å². The molecule has 4 heteroatoms. The standard InChI is InChI=1S/C22H30O.C17H14N2O/c1-21(2,3)19-11-7-17(8-12-19)15-23-16-18-9-13-20(14-10-18)22(4,5)6;20-17(14-10-18-12-19-11-14)16-9-5-4-8-15(16)13-6-2-1-3-7-13/h7-14H,15-16H2,1-6H3;1-12,17,20H. The number of ether oxygens (including phenoxy) is 1. The second kappa shape index (κ2) is 14.4. The van der Waals surface area contributed by atoms with Gasteiger partial charge in [0.25, 0.3) is 0 Å². The Hall–Kier alpha value is -4.12. The molecule has 0 aliphatic carbocycles. The summed E-state index contributed by atoms with van der Waals surface area (Å²) in [5.41, 5.74) is 9.22. The van der Waals surface area contributed by atoms with Crippen LogP contribution >= 0.6 is 0 Å². The summed E-state index contributed by atoms with van der Waals surface area (Å²) in [6.07, 6.45) is 4.01. The van der Waals surface area contributed by atoms with Gasteiger partial charge >= 0.3 is 0 Å². The first-order valence-electron chi connectivity index (χ1n) is 14.9. The highest BCUT2D eigenvalue weighted by molar-refractivity contribution is 5.68. The highest BCUT2D eigenvalue weighted by atomic mass is 16.5. The van der Waals surface area contributed by atoms with E-state index in [1.54, 1.807) is 12.4 Å². The Labute approximate surface area is 257 Å². The molecule has 0 fully saturated rings. The van der Waals surface area contributed by atoms with Crippen molar-refractivity contribution in [2.45, 2.75) is 71.7 Å². The van der Waals surface area contributed by atoms with Crippen LogP contribution in [0.5, 0.6) is 0 Å². The lowest BCUT2D eigenvalue weighted by molar-refractivity contribution is 0.107. The van der Waals surface area contributed by atoms with Gasteiger partial charge in [-0.2, -0.15) is 0 Å². The largest absolute Gasteiger partial charge is 0.384 e. The van der Waals surface area contributed by atoms with Gasteiger partial charge in [0.1, 0.15) is 12.4 Å². The van der Waals surface area contributed by atoms with Gasteiger partial charge in [0.05, 0.1) is 13.2 Å². The zero-order chi connectivity index (χ0) is 30.9. The molecule has 0 aliphatic heterocycles. The van der Waals surface area contributed by atoms with Crippen LogP contribution in [0.1, 0.15) is 81.0 Å². The second-order valence-corrected chi connectivity index (χ2v) is 12.9. The molecule has 1 heterocycles. The molecule has 4 aromatic carbocycles. The monoisotopic (exact) mass is 572 g/mol. The molecular formula is C39H44N2O2. The van der Waals surface area contributed by atoms with Gasteiger partial charge in [-0.3, -0.25) is 0 Å². The molecule has 4 nitrogen and oxygen atoms in total. The van der Waals surface area contributed by atoms with Crippen LogP contribution in [0.3, 0.4) is 0 Å². The molecule has 0 saturated carbocycles.